The number of amides is 5. The van der Waals surface area contributed by atoms with Crippen LogP contribution in [0.2, 0.25) is 0 Å². The summed E-state index contributed by atoms with van der Waals surface area (Å²) >= 11 is 0. The third-order valence-electron chi connectivity index (χ3n) is 7.82. The molecule has 4 atom stereocenters. The van der Waals surface area contributed by atoms with E-state index in [1.165, 1.54) is 18.0 Å². The minimum Gasteiger partial charge on any atom is -0.381 e. The number of benzene rings is 2. The lowest BCUT2D eigenvalue weighted by molar-refractivity contribution is -0.131. The molecule has 3 rings (SSSR count). The molecule has 0 saturated heterocycles. The first-order valence-electron chi connectivity index (χ1n) is 16.7. The third kappa shape index (κ3) is 13.2. The van der Waals surface area contributed by atoms with Crippen molar-refractivity contribution in [2.75, 3.05) is 23.7 Å². The van der Waals surface area contributed by atoms with Crippen molar-refractivity contribution in [3.8, 4) is 0 Å². The molecule has 2 aromatic carbocycles. The number of rotatable bonds is 19. The number of nitrogen functional groups attached to an aromatic ring is 1. The fraction of sp³-hybridized carbons (Fsp3) is 0.364. The van der Waals surface area contributed by atoms with Gasteiger partial charge in [-0.2, -0.15) is 4.68 Å². The van der Waals surface area contributed by atoms with Gasteiger partial charge in [-0.3, -0.25) is 34.1 Å². The molecule has 53 heavy (non-hydrogen) atoms. The van der Waals surface area contributed by atoms with Crippen LogP contribution in [0.25, 0.3) is 0 Å². The van der Waals surface area contributed by atoms with Crippen LogP contribution in [0.3, 0.4) is 0 Å². The van der Waals surface area contributed by atoms with Crippen molar-refractivity contribution >= 4 is 53.1 Å². The van der Waals surface area contributed by atoms with E-state index in [1.807, 2.05) is 0 Å². The van der Waals surface area contributed by atoms with Gasteiger partial charge in [0.1, 0.15) is 24.2 Å². The highest BCUT2D eigenvalue weighted by molar-refractivity contribution is 6.05. The molecule has 20 nitrogen and oxygen atoms in total. The molecule has 4 unspecified atom stereocenters. The van der Waals surface area contributed by atoms with Gasteiger partial charge >= 0.3 is 6.03 Å². The molecule has 0 aliphatic rings. The zero-order valence-electron chi connectivity index (χ0n) is 29.3. The van der Waals surface area contributed by atoms with Crippen molar-refractivity contribution in [2.24, 2.45) is 38.7 Å². The smallest absolute Gasteiger partial charge is 0.344 e. The highest BCUT2D eigenvalue weighted by atomic mass is 16.2. The second-order valence-corrected chi connectivity index (χ2v) is 11.9. The number of primary amides is 1. The molecule has 0 fully saturated rings. The van der Waals surface area contributed by atoms with E-state index in [0.29, 0.717) is 17.7 Å². The van der Waals surface area contributed by atoms with Crippen molar-refractivity contribution in [2.45, 2.75) is 63.2 Å². The monoisotopic (exact) mass is 733 g/mol. The fourth-order valence-electron chi connectivity index (χ4n) is 5.18. The van der Waals surface area contributed by atoms with Gasteiger partial charge in [-0.15, -0.1) is 5.10 Å². The van der Waals surface area contributed by atoms with Crippen LogP contribution < -0.4 is 55.3 Å². The number of para-hydroxylation sites is 1. The lowest BCUT2D eigenvalue weighted by Gasteiger charge is -2.33. The summed E-state index contributed by atoms with van der Waals surface area (Å²) < 4.78 is 0.843. The number of carbonyl (C=O) groups is 5. The average Bonchev–Trinajstić information content (AvgIpc) is 3.57. The van der Waals surface area contributed by atoms with E-state index in [2.05, 4.69) is 36.2 Å². The molecule has 0 aliphatic heterocycles. The first-order valence-corrected chi connectivity index (χ1v) is 16.7. The highest BCUT2D eigenvalue weighted by Crippen LogP contribution is 2.20. The minimum atomic E-state index is -1.25. The summed E-state index contributed by atoms with van der Waals surface area (Å²) in [6.07, 6.45) is 1.94. The summed E-state index contributed by atoms with van der Waals surface area (Å²) in [5.41, 5.74) is 34.0. The van der Waals surface area contributed by atoms with Gasteiger partial charge in [-0.25, -0.2) is 4.79 Å². The van der Waals surface area contributed by atoms with Crippen LogP contribution in [0.1, 0.15) is 38.2 Å². The topological polar surface area (TPSA) is 336 Å². The Bertz CT molecular complexity index is 1740. The Kier molecular flexibility index (Phi) is 15.5. The first kappa shape index (κ1) is 40.7. The van der Waals surface area contributed by atoms with Gasteiger partial charge < -0.3 is 50.4 Å². The van der Waals surface area contributed by atoms with Gasteiger partial charge in [0.2, 0.25) is 23.6 Å². The lowest BCUT2D eigenvalue weighted by atomic mass is 10.0. The minimum absolute atomic E-state index is 0.0112. The maximum atomic E-state index is 14.6. The summed E-state index contributed by atoms with van der Waals surface area (Å²) in [5, 5.41) is 15.3. The first-order chi connectivity index (χ1) is 25.3. The van der Waals surface area contributed by atoms with Crippen molar-refractivity contribution in [3.63, 3.8) is 0 Å². The van der Waals surface area contributed by atoms with Crippen molar-refractivity contribution in [1.82, 2.24) is 30.9 Å². The molecule has 5 amide bonds. The standard InChI is InChI=1S/C33H47N15O5/c1-20(28(50)42-23(27(35)49)14-8-16-40-31(36)37)48(22-12-6-3-7-13-22)30(52)24(15-9-17-41-32(38)39)43-29(51)25(18-21-10-4-2-5-11-21)44-33(53)47-19-26(34)45-46-47/h2-7,10-13,19-20,23-25H,8-9,14-18,34H2,1H3,(H2,35,49)(H,42,50)(H,43,51)(H,44,53)(H4,36,37,40)(H4,38,39,41). The van der Waals surface area contributed by atoms with Crippen LogP contribution in [0, 0.1) is 0 Å². The summed E-state index contributed by atoms with van der Waals surface area (Å²) in [4.78, 5) is 76.7. The van der Waals surface area contributed by atoms with Gasteiger partial charge in [-0.05, 0) is 50.3 Å². The quantitative estimate of drug-likeness (QED) is 0.0367. The number of aliphatic imine (C=N–C) groups is 2. The summed E-state index contributed by atoms with van der Waals surface area (Å²) in [6, 6.07) is 11.6. The zero-order valence-corrected chi connectivity index (χ0v) is 29.3. The van der Waals surface area contributed by atoms with Gasteiger partial charge in [0, 0.05) is 25.2 Å². The molecule has 0 bridgehead atoms. The molecule has 20 heteroatoms. The van der Waals surface area contributed by atoms with Gasteiger partial charge in [0.25, 0.3) is 0 Å². The molecular formula is C33H47N15O5. The Morgan fingerprint density at radius 2 is 1.30 bits per heavy atom. The van der Waals surface area contributed by atoms with Crippen LogP contribution in [0.15, 0.2) is 76.8 Å². The second kappa shape index (κ2) is 20.2. The largest absolute Gasteiger partial charge is 0.381 e. The molecule has 15 N–H and O–H groups in total. The molecule has 1 aromatic heterocycles. The number of hydrogen-bond acceptors (Lipinski definition) is 10. The van der Waals surface area contributed by atoms with Crippen molar-refractivity contribution < 1.29 is 24.0 Å². The molecule has 0 radical (unpaired) electrons. The van der Waals surface area contributed by atoms with Crippen molar-refractivity contribution in [3.05, 3.63) is 72.4 Å². The van der Waals surface area contributed by atoms with E-state index in [-0.39, 0.29) is 56.5 Å². The molecule has 1 heterocycles. The number of carbonyl (C=O) groups excluding carboxylic acids is 5. The van der Waals surface area contributed by atoms with E-state index < -0.39 is 53.8 Å². The van der Waals surface area contributed by atoms with E-state index in [0.717, 1.165) is 4.68 Å². The van der Waals surface area contributed by atoms with E-state index in [4.69, 9.17) is 34.4 Å². The van der Waals surface area contributed by atoms with E-state index in [9.17, 15) is 24.0 Å². The SMILES string of the molecule is CC(C(=O)NC(CCCN=C(N)N)C(N)=O)N(C(=O)C(CCCN=C(N)N)NC(=O)C(Cc1ccccc1)NC(=O)n1cc(N)nn1)c1ccccc1. The molecule has 284 valence electrons. The number of guanidine groups is 2. The summed E-state index contributed by atoms with van der Waals surface area (Å²) in [7, 11) is 0. The molecule has 3 aromatic rings. The van der Waals surface area contributed by atoms with Crippen LogP contribution >= 0.6 is 0 Å². The number of hydrogen-bond donors (Lipinski definition) is 9. The Labute approximate surface area is 305 Å². The second-order valence-electron chi connectivity index (χ2n) is 11.9. The number of nitrogens with one attached hydrogen (secondary N) is 3. The molecular weight excluding hydrogens is 686 g/mol. The number of nitrogens with two attached hydrogens (primary N) is 6. The van der Waals surface area contributed by atoms with Crippen LogP contribution in [0.5, 0.6) is 0 Å². The van der Waals surface area contributed by atoms with E-state index >= 15 is 0 Å². The zero-order chi connectivity index (χ0) is 38.9. The Morgan fingerprint density at radius 3 is 1.83 bits per heavy atom. The number of anilines is 2. The third-order valence-corrected chi connectivity index (χ3v) is 7.82. The van der Waals surface area contributed by atoms with Crippen LogP contribution in [0.4, 0.5) is 16.3 Å². The van der Waals surface area contributed by atoms with Crippen molar-refractivity contribution in [1.29, 1.82) is 0 Å². The maximum Gasteiger partial charge on any atom is 0.344 e. The van der Waals surface area contributed by atoms with Gasteiger partial charge in [-0.1, -0.05) is 53.7 Å². The molecule has 0 spiro atoms. The maximum absolute atomic E-state index is 14.6. The lowest BCUT2D eigenvalue weighted by Crippen LogP contribution is -2.59. The normalized spacial score (nSPS) is 12.9. The molecule has 0 saturated carbocycles. The average molecular weight is 734 g/mol. The van der Waals surface area contributed by atoms with Gasteiger partial charge in [0.05, 0.1) is 6.20 Å². The number of aromatic nitrogens is 3. The molecule has 0 aliphatic carbocycles. The Hall–Kier alpha value is -6.73. The van der Waals surface area contributed by atoms with Gasteiger partial charge in [0.15, 0.2) is 17.7 Å². The summed E-state index contributed by atoms with van der Waals surface area (Å²) in [5.74, 6) is -3.16. The predicted molar refractivity (Wildman–Crippen MR) is 199 cm³/mol. The fourth-order valence-corrected chi connectivity index (χ4v) is 5.18. The Morgan fingerprint density at radius 1 is 0.755 bits per heavy atom. The Balaban J connectivity index is 1.94. The summed E-state index contributed by atoms with van der Waals surface area (Å²) in [6.45, 7) is 1.80. The number of nitrogens with zero attached hydrogens (tertiary/aromatic N) is 6. The highest BCUT2D eigenvalue weighted by Gasteiger charge is 2.35. The van der Waals surface area contributed by atoms with E-state index in [1.54, 1.807) is 60.7 Å². The predicted octanol–water partition coefficient (Wildman–Crippen LogP) is -1.99. The van der Waals surface area contributed by atoms with Crippen LogP contribution in [-0.2, 0) is 25.6 Å². The van der Waals surface area contributed by atoms with Crippen LogP contribution in [-0.4, -0.2) is 93.8 Å².